The van der Waals surface area contributed by atoms with E-state index in [2.05, 4.69) is 16.0 Å². The number of rotatable bonds is 10. The first kappa shape index (κ1) is 30.3. The Kier molecular flexibility index (Phi) is 11.8. The lowest BCUT2D eigenvalue weighted by Gasteiger charge is -2.24. The molecule has 10 heteroatoms. The first-order valence-corrected chi connectivity index (χ1v) is 11.2. The number of anilines is 1. The van der Waals surface area contributed by atoms with Crippen LogP contribution in [0.25, 0.3) is 0 Å². The molecular weight excluding hydrogens is 486 g/mol. The topological polar surface area (TPSA) is 131 Å². The molecule has 36 heavy (non-hydrogen) atoms. The van der Waals surface area contributed by atoms with E-state index in [1.165, 1.54) is 26.2 Å². The van der Waals surface area contributed by atoms with Crippen LogP contribution in [0, 0.1) is 12.8 Å². The number of esters is 1. The maximum atomic E-state index is 13.1. The number of aryl methyl sites for hydroxylation is 1. The Labute approximate surface area is 216 Å². The predicted octanol–water partition coefficient (Wildman–Crippen LogP) is 2.60. The molecule has 3 amide bonds. The predicted molar refractivity (Wildman–Crippen MR) is 138 cm³/mol. The molecule has 3 N–H and O–H groups in total. The van der Waals surface area contributed by atoms with Crippen LogP contribution < -0.4 is 16.0 Å². The number of benzene rings is 2. The van der Waals surface area contributed by atoms with Crippen molar-refractivity contribution in [3.05, 3.63) is 65.2 Å². The van der Waals surface area contributed by atoms with Crippen molar-refractivity contribution >= 4 is 47.6 Å². The number of hydrogen-bond acceptors (Lipinski definition) is 6. The third-order valence-electron chi connectivity index (χ3n) is 5.26. The van der Waals surface area contributed by atoms with Crippen LogP contribution in [0.15, 0.2) is 48.5 Å². The molecule has 0 radical (unpaired) electrons. The third-order valence-corrected chi connectivity index (χ3v) is 5.26. The summed E-state index contributed by atoms with van der Waals surface area (Å²) in [5.41, 5.74) is 1.74. The number of halogens is 1. The Morgan fingerprint density at radius 3 is 2.14 bits per heavy atom. The smallest absolute Gasteiger partial charge is 0.328 e. The lowest BCUT2D eigenvalue weighted by molar-refractivity contribution is -0.145. The lowest BCUT2D eigenvalue weighted by atomic mass is 10.00. The molecule has 9 nitrogen and oxygen atoms in total. The summed E-state index contributed by atoms with van der Waals surface area (Å²) >= 11 is 0. The number of ketones is 1. The van der Waals surface area contributed by atoms with Gasteiger partial charge in [-0.05, 0) is 30.5 Å². The van der Waals surface area contributed by atoms with Crippen LogP contribution in [-0.2, 0) is 30.3 Å². The molecule has 2 atom stereocenters. The highest BCUT2D eigenvalue weighted by Gasteiger charge is 2.31. The SMILES string of the molecule is COC(=O)[C@H](Cc1ccccc1)NC(=O)[C@@H](NC(=O)C(=O)c1cc(C)ccc1NC(C)=O)C(C)C.Cl. The van der Waals surface area contributed by atoms with Gasteiger partial charge in [0.25, 0.3) is 11.7 Å². The maximum absolute atomic E-state index is 13.1. The number of hydrogen-bond donors (Lipinski definition) is 3. The van der Waals surface area contributed by atoms with Crippen molar-refractivity contribution in [3.8, 4) is 0 Å². The largest absolute Gasteiger partial charge is 0.467 e. The van der Waals surface area contributed by atoms with Crippen molar-refractivity contribution in [1.29, 1.82) is 0 Å². The highest BCUT2D eigenvalue weighted by molar-refractivity contribution is 6.44. The Morgan fingerprint density at radius 1 is 0.944 bits per heavy atom. The number of Topliss-reactive ketones (excluding diaryl/α,β-unsaturated/α-hetero) is 1. The Bertz CT molecular complexity index is 1100. The van der Waals surface area contributed by atoms with E-state index in [0.29, 0.717) is 0 Å². The second kappa shape index (κ2) is 14.0. The summed E-state index contributed by atoms with van der Waals surface area (Å²) in [7, 11) is 1.22. The fourth-order valence-corrected chi connectivity index (χ4v) is 3.46. The molecule has 0 saturated carbocycles. The molecule has 0 aromatic heterocycles. The van der Waals surface area contributed by atoms with Crippen molar-refractivity contribution in [1.82, 2.24) is 10.6 Å². The summed E-state index contributed by atoms with van der Waals surface area (Å²) in [6, 6.07) is 11.7. The van der Waals surface area contributed by atoms with Gasteiger partial charge < -0.3 is 20.7 Å². The first-order chi connectivity index (χ1) is 16.5. The van der Waals surface area contributed by atoms with E-state index in [9.17, 15) is 24.0 Å². The van der Waals surface area contributed by atoms with Crippen LogP contribution in [0.3, 0.4) is 0 Å². The maximum Gasteiger partial charge on any atom is 0.328 e. The Hall–Kier alpha value is -3.72. The Balaban J connectivity index is 0.00000648. The highest BCUT2D eigenvalue weighted by atomic mass is 35.5. The monoisotopic (exact) mass is 517 g/mol. The van der Waals surface area contributed by atoms with E-state index in [1.807, 2.05) is 30.3 Å². The number of carbonyl (C=O) groups excluding carboxylic acids is 5. The van der Waals surface area contributed by atoms with Gasteiger partial charge in [0.05, 0.1) is 18.4 Å². The quantitative estimate of drug-likeness (QED) is 0.252. The van der Waals surface area contributed by atoms with Crippen molar-refractivity contribution in [2.45, 2.75) is 46.2 Å². The minimum Gasteiger partial charge on any atom is -0.467 e. The molecule has 2 aromatic rings. The van der Waals surface area contributed by atoms with Gasteiger partial charge in [-0.1, -0.05) is 55.8 Å². The van der Waals surface area contributed by atoms with Crippen molar-refractivity contribution < 1.29 is 28.7 Å². The first-order valence-electron chi connectivity index (χ1n) is 11.2. The van der Waals surface area contributed by atoms with E-state index in [-0.39, 0.29) is 30.1 Å². The summed E-state index contributed by atoms with van der Waals surface area (Å²) in [6.07, 6.45) is 0.195. The van der Waals surface area contributed by atoms with E-state index in [4.69, 9.17) is 4.74 Å². The average molecular weight is 518 g/mol. The molecule has 0 aliphatic rings. The zero-order chi connectivity index (χ0) is 26.1. The zero-order valence-corrected chi connectivity index (χ0v) is 21.7. The minimum atomic E-state index is -1.09. The van der Waals surface area contributed by atoms with Crippen LogP contribution in [0.2, 0.25) is 0 Å². The van der Waals surface area contributed by atoms with E-state index < -0.39 is 47.5 Å². The molecule has 0 heterocycles. The highest BCUT2D eigenvalue weighted by Crippen LogP contribution is 2.19. The molecule has 0 bridgehead atoms. The fourth-order valence-electron chi connectivity index (χ4n) is 3.46. The van der Waals surface area contributed by atoms with Gasteiger partial charge in [-0.3, -0.25) is 19.2 Å². The number of methoxy groups -OCH3 is 1. The number of ether oxygens (including phenoxy) is 1. The average Bonchev–Trinajstić information content (AvgIpc) is 2.82. The molecule has 0 saturated heterocycles. The fraction of sp³-hybridized carbons (Fsp3) is 0.346. The minimum absolute atomic E-state index is 0. The summed E-state index contributed by atoms with van der Waals surface area (Å²) in [5, 5.41) is 7.64. The molecule has 2 aromatic carbocycles. The molecule has 0 aliphatic carbocycles. The number of carbonyl (C=O) groups is 5. The summed E-state index contributed by atoms with van der Waals surface area (Å²) in [4.78, 5) is 62.6. The van der Waals surface area contributed by atoms with Gasteiger partial charge in [-0.25, -0.2) is 4.79 Å². The van der Waals surface area contributed by atoms with Crippen LogP contribution in [0.5, 0.6) is 0 Å². The number of nitrogens with one attached hydrogen (secondary N) is 3. The van der Waals surface area contributed by atoms with Crippen molar-refractivity contribution in [3.63, 3.8) is 0 Å². The van der Waals surface area contributed by atoms with Gasteiger partial charge in [-0.2, -0.15) is 0 Å². The van der Waals surface area contributed by atoms with Crippen LogP contribution >= 0.6 is 12.4 Å². The van der Waals surface area contributed by atoms with Crippen molar-refractivity contribution in [2.75, 3.05) is 12.4 Å². The molecular formula is C26H32ClN3O6. The molecule has 194 valence electrons. The van der Waals surface area contributed by atoms with Crippen molar-refractivity contribution in [2.24, 2.45) is 5.92 Å². The van der Waals surface area contributed by atoms with Crippen LogP contribution in [-0.4, -0.2) is 48.7 Å². The third kappa shape index (κ3) is 8.49. The second-order valence-corrected chi connectivity index (χ2v) is 8.53. The van der Waals surface area contributed by atoms with Gasteiger partial charge in [0, 0.05) is 13.3 Å². The van der Waals surface area contributed by atoms with Gasteiger partial charge in [0.15, 0.2) is 0 Å². The van der Waals surface area contributed by atoms with Gasteiger partial charge in [0.2, 0.25) is 11.8 Å². The summed E-state index contributed by atoms with van der Waals surface area (Å²) in [5.74, 6) is -3.95. The van der Waals surface area contributed by atoms with E-state index in [0.717, 1.165) is 11.1 Å². The van der Waals surface area contributed by atoms with Gasteiger partial charge in [0.1, 0.15) is 12.1 Å². The number of amides is 3. The van der Waals surface area contributed by atoms with Crippen LogP contribution in [0.1, 0.15) is 42.3 Å². The van der Waals surface area contributed by atoms with E-state index >= 15 is 0 Å². The molecule has 0 aliphatic heterocycles. The molecule has 0 unspecified atom stereocenters. The van der Waals surface area contributed by atoms with Gasteiger partial charge >= 0.3 is 5.97 Å². The summed E-state index contributed by atoms with van der Waals surface area (Å²) < 4.78 is 4.83. The zero-order valence-electron chi connectivity index (χ0n) is 20.9. The molecule has 0 fully saturated rings. The second-order valence-electron chi connectivity index (χ2n) is 8.53. The van der Waals surface area contributed by atoms with Crippen LogP contribution in [0.4, 0.5) is 5.69 Å². The lowest BCUT2D eigenvalue weighted by Crippen LogP contribution is -2.55. The van der Waals surface area contributed by atoms with Gasteiger partial charge in [-0.15, -0.1) is 12.4 Å². The standard InChI is InChI=1S/C26H31N3O6.ClH/c1-15(2)22(24(32)28-21(26(34)35-5)14-18-9-7-6-8-10-18)29-25(33)23(31)19-13-16(3)11-12-20(19)27-17(4)30;/h6-13,15,21-22H,14H2,1-5H3,(H,27,30)(H,28,32)(H,29,33);1H/t21-,22-;/m0./s1. The van der Waals surface area contributed by atoms with E-state index in [1.54, 1.807) is 26.8 Å². The molecule has 0 spiro atoms. The molecule has 2 rings (SSSR count). The normalized spacial score (nSPS) is 11.9. The Morgan fingerprint density at radius 2 is 1.58 bits per heavy atom. The summed E-state index contributed by atoms with van der Waals surface area (Å²) in [6.45, 7) is 6.44.